The van der Waals surface area contributed by atoms with E-state index < -0.39 is 11.9 Å². The van der Waals surface area contributed by atoms with Crippen molar-refractivity contribution in [2.24, 2.45) is 0 Å². The number of rotatable bonds is 4. The number of ether oxygens (including phenoxy) is 1. The van der Waals surface area contributed by atoms with Crippen LogP contribution in [-0.2, 0) is 4.74 Å². The van der Waals surface area contributed by atoms with Crippen molar-refractivity contribution in [3.63, 3.8) is 0 Å². The Bertz CT molecular complexity index is 440. The van der Waals surface area contributed by atoms with Crippen LogP contribution in [0, 0.1) is 0 Å². The summed E-state index contributed by atoms with van der Waals surface area (Å²) in [5.74, 6) is -1.11. The monoisotopic (exact) mass is 219 g/mol. The Hall–Kier alpha value is -1.84. The maximum atomic E-state index is 11.3. The molecule has 0 saturated heterocycles. The zero-order valence-corrected chi connectivity index (χ0v) is 9.08. The van der Waals surface area contributed by atoms with Crippen molar-refractivity contribution >= 4 is 17.6 Å². The molecule has 0 atom stereocenters. The van der Waals surface area contributed by atoms with E-state index in [2.05, 4.69) is 17.0 Å². The lowest BCUT2D eigenvalue weighted by Gasteiger charge is -2.05. The first-order chi connectivity index (χ1) is 7.72. The first kappa shape index (κ1) is 10.7. The van der Waals surface area contributed by atoms with E-state index >= 15 is 0 Å². The third-order valence-electron chi connectivity index (χ3n) is 2.50. The molecule has 0 aliphatic carbocycles. The summed E-state index contributed by atoms with van der Waals surface area (Å²) in [6.45, 7) is 2.97. The molecule has 0 bridgehead atoms. The zero-order valence-electron chi connectivity index (χ0n) is 9.08. The summed E-state index contributed by atoms with van der Waals surface area (Å²) in [5, 5.41) is 3.19. The third kappa shape index (κ3) is 1.91. The Morgan fingerprint density at radius 1 is 1.19 bits per heavy atom. The van der Waals surface area contributed by atoms with Gasteiger partial charge in [0, 0.05) is 12.2 Å². The number of esters is 2. The van der Waals surface area contributed by atoms with Crippen LogP contribution in [0.3, 0.4) is 0 Å². The third-order valence-corrected chi connectivity index (χ3v) is 2.50. The lowest BCUT2D eigenvalue weighted by atomic mass is 10.1. The number of hydrogen-bond donors (Lipinski definition) is 1. The molecule has 4 heteroatoms. The van der Waals surface area contributed by atoms with E-state index in [0.717, 1.165) is 25.1 Å². The molecule has 16 heavy (non-hydrogen) atoms. The Labute approximate surface area is 93.6 Å². The van der Waals surface area contributed by atoms with Gasteiger partial charge in [0.05, 0.1) is 11.1 Å². The molecule has 0 aromatic heterocycles. The average molecular weight is 219 g/mol. The molecule has 1 heterocycles. The van der Waals surface area contributed by atoms with Gasteiger partial charge in [-0.2, -0.15) is 0 Å². The van der Waals surface area contributed by atoms with E-state index in [9.17, 15) is 9.59 Å². The van der Waals surface area contributed by atoms with Gasteiger partial charge < -0.3 is 10.1 Å². The van der Waals surface area contributed by atoms with Gasteiger partial charge in [0.25, 0.3) is 0 Å². The normalized spacial score (nSPS) is 13.6. The van der Waals surface area contributed by atoms with Crippen LogP contribution < -0.4 is 5.32 Å². The van der Waals surface area contributed by atoms with E-state index in [-0.39, 0.29) is 0 Å². The number of carbonyl (C=O) groups is 2. The van der Waals surface area contributed by atoms with Gasteiger partial charge in [-0.15, -0.1) is 0 Å². The highest BCUT2D eigenvalue weighted by Crippen LogP contribution is 2.23. The van der Waals surface area contributed by atoms with Crippen LogP contribution in [0.25, 0.3) is 0 Å². The topological polar surface area (TPSA) is 55.4 Å². The first-order valence-corrected chi connectivity index (χ1v) is 5.37. The number of hydrogen-bond acceptors (Lipinski definition) is 4. The fraction of sp³-hybridized carbons (Fsp3) is 0.333. The summed E-state index contributed by atoms with van der Waals surface area (Å²) in [6.07, 6.45) is 2.18. The molecule has 1 N–H and O–H groups in total. The van der Waals surface area contributed by atoms with Crippen molar-refractivity contribution in [3.8, 4) is 0 Å². The second kappa shape index (κ2) is 4.35. The van der Waals surface area contributed by atoms with Crippen LogP contribution in [0.1, 0.15) is 40.5 Å². The average Bonchev–Trinajstić information content (AvgIpc) is 2.55. The Morgan fingerprint density at radius 3 is 2.69 bits per heavy atom. The van der Waals surface area contributed by atoms with E-state index in [4.69, 9.17) is 0 Å². The standard InChI is InChI=1S/C12H13NO3/c1-2-3-6-13-8-4-5-9-10(7-8)12(15)16-11(9)14/h4-5,7,13H,2-3,6H2,1H3. The summed E-state index contributed by atoms with van der Waals surface area (Å²) in [7, 11) is 0. The van der Waals surface area contributed by atoms with Crippen LogP contribution in [0.5, 0.6) is 0 Å². The van der Waals surface area contributed by atoms with Crippen molar-refractivity contribution in [1.82, 2.24) is 0 Å². The Balaban J connectivity index is 2.16. The lowest BCUT2D eigenvalue weighted by Crippen LogP contribution is -2.02. The van der Waals surface area contributed by atoms with Gasteiger partial charge in [-0.25, -0.2) is 9.59 Å². The second-order valence-electron chi connectivity index (χ2n) is 3.72. The van der Waals surface area contributed by atoms with Gasteiger partial charge >= 0.3 is 11.9 Å². The molecule has 1 aliphatic heterocycles. The number of fused-ring (bicyclic) bond motifs is 1. The molecule has 1 aromatic rings. The number of benzene rings is 1. The maximum Gasteiger partial charge on any atom is 0.346 e. The highest BCUT2D eigenvalue weighted by Gasteiger charge is 2.29. The van der Waals surface area contributed by atoms with Gasteiger partial charge in [-0.3, -0.25) is 0 Å². The minimum atomic E-state index is -0.556. The minimum Gasteiger partial charge on any atom is -0.386 e. The van der Waals surface area contributed by atoms with Gasteiger partial charge in [0.15, 0.2) is 0 Å². The molecule has 0 saturated carbocycles. The van der Waals surface area contributed by atoms with Crippen LogP contribution in [0.15, 0.2) is 18.2 Å². The number of anilines is 1. The van der Waals surface area contributed by atoms with Crippen molar-refractivity contribution in [1.29, 1.82) is 0 Å². The minimum absolute atomic E-state index is 0.353. The second-order valence-corrected chi connectivity index (χ2v) is 3.72. The summed E-state index contributed by atoms with van der Waals surface area (Å²) in [5.41, 5.74) is 1.55. The van der Waals surface area contributed by atoms with Crippen molar-refractivity contribution < 1.29 is 14.3 Å². The molecule has 1 aromatic carbocycles. The van der Waals surface area contributed by atoms with E-state index in [1.165, 1.54) is 0 Å². The summed E-state index contributed by atoms with van der Waals surface area (Å²) in [6, 6.07) is 5.07. The number of nitrogens with one attached hydrogen (secondary N) is 1. The summed E-state index contributed by atoms with van der Waals surface area (Å²) >= 11 is 0. The van der Waals surface area contributed by atoms with Crippen molar-refractivity contribution in [2.75, 3.05) is 11.9 Å². The molecule has 1 aliphatic rings. The SMILES string of the molecule is CCCCNc1ccc2c(c1)C(=O)OC2=O. The van der Waals surface area contributed by atoms with E-state index in [0.29, 0.717) is 11.1 Å². The number of unbranched alkanes of at least 4 members (excludes halogenated alkanes) is 1. The van der Waals surface area contributed by atoms with Gasteiger partial charge in [0.2, 0.25) is 0 Å². The molecular formula is C12H13NO3. The zero-order chi connectivity index (χ0) is 11.5. The molecular weight excluding hydrogens is 206 g/mol. The largest absolute Gasteiger partial charge is 0.386 e. The number of carbonyl (C=O) groups excluding carboxylic acids is 2. The molecule has 2 rings (SSSR count). The first-order valence-electron chi connectivity index (χ1n) is 5.37. The van der Waals surface area contributed by atoms with E-state index in [1.807, 2.05) is 0 Å². The molecule has 0 spiro atoms. The lowest BCUT2D eigenvalue weighted by molar-refractivity contribution is 0.0444. The maximum absolute atomic E-state index is 11.3. The van der Waals surface area contributed by atoms with Gasteiger partial charge in [-0.05, 0) is 24.6 Å². The highest BCUT2D eigenvalue weighted by atomic mass is 16.6. The fourth-order valence-corrected chi connectivity index (χ4v) is 1.60. The molecule has 0 unspecified atom stereocenters. The Morgan fingerprint density at radius 2 is 1.94 bits per heavy atom. The molecule has 0 amide bonds. The summed E-state index contributed by atoms with van der Waals surface area (Å²) in [4.78, 5) is 22.5. The van der Waals surface area contributed by atoms with Crippen LogP contribution in [-0.4, -0.2) is 18.5 Å². The fourth-order valence-electron chi connectivity index (χ4n) is 1.60. The predicted molar refractivity (Wildman–Crippen MR) is 59.6 cm³/mol. The Kier molecular flexibility index (Phi) is 2.90. The molecule has 4 nitrogen and oxygen atoms in total. The predicted octanol–water partition coefficient (Wildman–Crippen LogP) is 2.21. The number of cyclic esters (lactones) is 2. The van der Waals surface area contributed by atoms with Gasteiger partial charge in [-0.1, -0.05) is 13.3 Å². The molecule has 84 valence electrons. The van der Waals surface area contributed by atoms with Gasteiger partial charge in [0.1, 0.15) is 0 Å². The van der Waals surface area contributed by atoms with Crippen LogP contribution in [0.4, 0.5) is 5.69 Å². The smallest absolute Gasteiger partial charge is 0.346 e. The van der Waals surface area contributed by atoms with Crippen LogP contribution >= 0.6 is 0 Å². The van der Waals surface area contributed by atoms with Crippen molar-refractivity contribution in [2.45, 2.75) is 19.8 Å². The van der Waals surface area contributed by atoms with E-state index in [1.54, 1.807) is 18.2 Å². The highest BCUT2D eigenvalue weighted by molar-refractivity contribution is 6.15. The quantitative estimate of drug-likeness (QED) is 0.479. The summed E-state index contributed by atoms with van der Waals surface area (Å²) < 4.78 is 4.51. The molecule has 0 radical (unpaired) electrons. The van der Waals surface area contributed by atoms with Crippen LogP contribution in [0.2, 0.25) is 0 Å². The van der Waals surface area contributed by atoms with Crippen molar-refractivity contribution in [3.05, 3.63) is 29.3 Å². The molecule has 0 fully saturated rings.